The molecule has 220 valence electrons. The summed E-state index contributed by atoms with van der Waals surface area (Å²) >= 11 is 0. The molecular formula is C43H28N4. The topological polar surface area (TPSA) is 43.6 Å². The third kappa shape index (κ3) is 4.75. The average Bonchev–Trinajstić information content (AvgIpc) is 3.49. The smallest absolute Gasteiger partial charge is 0.164 e. The first kappa shape index (κ1) is 27.0. The number of aromatic nitrogens is 4. The SMILES string of the molecule is c1ccc(-c2nc(-c3ccccc3)nc(-c3ccc(-c4ccc5ccccc5c4)c(-n4c5ccccc5c5ccccc54)c3)n2)cc1. The lowest BCUT2D eigenvalue weighted by Gasteiger charge is -2.17. The summed E-state index contributed by atoms with van der Waals surface area (Å²) < 4.78 is 2.39. The van der Waals surface area contributed by atoms with Crippen molar-refractivity contribution in [2.45, 2.75) is 0 Å². The summed E-state index contributed by atoms with van der Waals surface area (Å²) in [6, 6.07) is 59.3. The van der Waals surface area contributed by atoms with Crippen LogP contribution in [-0.2, 0) is 0 Å². The number of rotatable bonds is 5. The molecule has 47 heavy (non-hydrogen) atoms. The summed E-state index contributed by atoms with van der Waals surface area (Å²) in [6.45, 7) is 0. The Balaban J connectivity index is 1.33. The van der Waals surface area contributed by atoms with Crippen molar-refractivity contribution >= 4 is 32.6 Å². The molecule has 9 rings (SSSR count). The first-order valence-electron chi connectivity index (χ1n) is 15.8. The van der Waals surface area contributed by atoms with E-state index in [9.17, 15) is 0 Å². The van der Waals surface area contributed by atoms with E-state index in [1.54, 1.807) is 0 Å². The summed E-state index contributed by atoms with van der Waals surface area (Å²) in [5.41, 5.74) is 8.47. The monoisotopic (exact) mass is 600 g/mol. The number of fused-ring (bicyclic) bond motifs is 4. The molecular weight excluding hydrogens is 573 g/mol. The van der Waals surface area contributed by atoms with Crippen molar-refractivity contribution in [2.24, 2.45) is 0 Å². The van der Waals surface area contributed by atoms with Crippen LogP contribution in [0, 0.1) is 0 Å². The summed E-state index contributed by atoms with van der Waals surface area (Å²) in [6.07, 6.45) is 0. The predicted molar refractivity (Wildman–Crippen MR) is 193 cm³/mol. The van der Waals surface area contributed by atoms with E-state index in [0.29, 0.717) is 17.5 Å². The second-order valence-electron chi connectivity index (χ2n) is 11.7. The first-order valence-corrected chi connectivity index (χ1v) is 15.8. The number of benzene rings is 7. The van der Waals surface area contributed by atoms with E-state index in [0.717, 1.165) is 44.5 Å². The molecule has 2 aromatic heterocycles. The molecule has 0 aliphatic carbocycles. The summed E-state index contributed by atoms with van der Waals surface area (Å²) in [5, 5.41) is 4.87. The lowest BCUT2D eigenvalue weighted by atomic mass is 9.98. The van der Waals surface area contributed by atoms with E-state index in [1.807, 2.05) is 60.7 Å². The Morgan fingerprint density at radius 1 is 0.340 bits per heavy atom. The molecule has 4 heteroatoms. The van der Waals surface area contributed by atoms with Crippen molar-refractivity contribution in [1.82, 2.24) is 19.5 Å². The quantitative estimate of drug-likeness (QED) is 0.197. The van der Waals surface area contributed by atoms with Gasteiger partial charge in [-0.3, -0.25) is 0 Å². The normalized spacial score (nSPS) is 11.4. The molecule has 0 N–H and O–H groups in total. The minimum absolute atomic E-state index is 0.629. The molecule has 0 fully saturated rings. The third-order valence-corrected chi connectivity index (χ3v) is 8.84. The minimum atomic E-state index is 0.629. The molecule has 9 aromatic rings. The van der Waals surface area contributed by atoms with Crippen LogP contribution in [0.1, 0.15) is 0 Å². The first-order chi connectivity index (χ1) is 23.3. The van der Waals surface area contributed by atoms with Crippen LogP contribution in [0.3, 0.4) is 0 Å². The highest BCUT2D eigenvalue weighted by atomic mass is 15.0. The second-order valence-corrected chi connectivity index (χ2v) is 11.7. The van der Waals surface area contributed by atoms with Crippen molar-refractivity contribution in [3.8, 4) is 51.0 Å². The van der Waals surface area contributed by atoms with Crippen LogP contribution < -0.4 is 0 Å². The van der Waals surface area contributed by atoms with Gasteiger partial charge in [-0.2, -0.15) is 0 Å². The highest BCUT2D eigenvalue weighted by Gasteiger charge is 2.19. The van der Waals surface area contributed by atoms with Crippen LogP contribution >= 0.6 is 0 Å². The largest absolute Gasteiger partial charge is 0.309 e. The van der Waals surface area contributed by atoms with E-state index < -0.39 is 0 Å². The molecule has 0 spiro atoms. The zero-order valence-electron chi connectivity index (χ0n) is 25.5. The predicted octanol–water partition coefficient (Wildman–Crippen LogP) is 10.8. The van der Waals surface area contributed by atoms with Gasteiger partial charge in [-0.25, -0.2) is 15.0 Å². The standard InChI is InChI=1S/C43H28N4/c1-3-14-30(15-4-1)41-44-42(31-16-5-2-6-17-31)46-43(45-41)34-25-26-35(33-24-23-29-13-7-8-18-32(29)27-33)40(28-34)47-38-21-11-9-19-36(38)37-20-10-12-22-39(37)47/h1-28H. The second kappa shape index (κ2) is 11.2. The maximum Gasteiger partial charge on any atom is 0.164 e. The number of hydrogen-bond donors (Lipinski definition) is 0. The van der Waals surface area contributed by atoms with Gasteiger partial charge in [0.25, 0.3) is 0 Å². The van der Waals surface area contributed by atoms with E-state index in [2.05, 4.69) is 114 Å². The number of para-hydroxylation sites is 2. The van der Waals surface area contributed by atoms with Crippen molar-refractivity contribution in [3.05, 3.63) is 170 Å². The molecule has 0 aliphatic heterocycles. The molecule has 0 saturated heterocycles. The number of nitrogens with zero attached hydrogens (tertiary/aromatic N) is 4. The van der Waals surface area contributed by atoms with Crippen molar-refractivity contribution < 1.29 is 0 Å². The van der Waals surface area contributed by atoms with Gasteiger partial charge in [0.15, 0.2) is 17.5 Å². The Morgan fingerprint density at radius 2 is 0.830 bits per heavy atom. The van der Waals surface area contributed by atoms with E-state index in [-0.39, 0.29) is 0 Å². The zero-order valence-corrected chi connectivity index (χ0v) is 25.5. The Hall–Kier alpha value is -6.39. The molecule has 0 bridgehead atoms. The molecule has 0 unspecified atom stereocenters. The molecule has 0 radical (unpaired) electrons. The molecule has 0 amide bonds. The Kier molecular flexibility index (Phi) is 6.43. The Bertz CT molecular complexity index is 2460. The maximum absolute atomic E-state index is 5.06. The van der Waals surface area contributed by atoms with Gasteiger partial charge in [0.2, 0.25) is 0 Å². The van der Waals surface area contributed by atoms with Crippen LogP contribution in [0.2, 0.25) is 0 Å². The molecule has 7 aromatic carbocycles. The van der Waals surface area contributed by atoms with Crippen LogP contribution in [0.5, 0.6) is 0 Å². The molecule has 0 saturated carbocycles. The van der Waals surface area contributed by atoms with Gasteiger partial charge >= 0.3 is 0 Å². The lowest BCUT2D eigenvalue weighted by molar-refractivity contribution is 1.07. The fourth-order valence-electron chi connectivity index (χ4n) is 6.58. The van der Waals surface area contributed by atoms with Gasteiger partial charge in [0.1, 0.15) is 0 Å². The highest BCUT2D eigenvalue weighted by molar-refractivity contribution is 6.10. The summed E-state index contributed by atoms with van der Waals surface area (Å²) in [7, 11) is 0. The van der Waals surface area contributed by atoms with Gasteiger partial charge < -0.3 is 4.57 Å². The minimum Gasteiger partial charge on any atom is -0.309 e. The third-order valence-electron chi connectivity index (χ3n) is 8.84. The molecule has 4 nitrogen and oxygen atoms in total. The maximum atomic E-state index is 5.06. The van der Waals surface area contributed by atoms with Gasteiger partial charge in [-0.15, -0.1) is 0 Å². The zero-order chi connectivity index (χ0) is 31.2. The molecule has 0 aliphatic rings. The average molecular weight is 601 g/mol. The van der Waals surface area contributed by atoms with E-state index >= 15 is 0 Å². The number of hydrogen-bond acceptors (Lipinski definition) is 3. The van der Waals surface area contributed by atoms with Crippen LogP contribution in [0.25, 0.3) is 83.6 Å². The molecule has 0 atom stereocenters. The van der Waals surface area contributed by atoms with Crippen LogP contribution in [-0.4, -0.2) is 19.5 Å². The summed E-state index contributed by atoms with van der Waals surface area (Å²) in [5.74, 6) is 1.92. The van der Waals surface area contributed by atoms with Gasteiger partial charge in [-0.05, 0) is 40.6 Å². The van der Waals surface area contributed by atoms with Crippen LogP contribution in [0.15, 0.2) is 170 Å². The summed E-state index contributed by atoms with van der Waals surface area (Å²) in [4.78, 5) is 15.0. The highest BCUT2D eigenvalue weighted by Crippen LogP contribution is 2.39. The Morgan fingerprint density at radius 3 is 1.45 bits per heavy atom. The van der Waals surface area contributed by atoms with E-state index in [1.165, 1.54) is 21.5 Å². The molecule has 2 heterocycles. The van der Waals surface area contributed by atoms with Crippen molar-refractivity contribution in [1.29, 1.82) is 0 Å². The van der Waals surface area contributed by atoms with Gasteiger partial charge in [-0.1, -0.05) is 146 Å². The van der Waals surface area contributed by atoms with Gasteiger partial charge in [0.05, 0.1) is 16.7 Å². The van der Waals surface area contributed by atoms with Crippen molar-refractivity contribution in [2.75, 3.05) is 0 Å². The van der Waals surface area contributed by atoms with Crippen molar-refractivity contribution in [3.63, 3.8) is 0 Å². The van der Waals surface area contributed by atoms with Crippen LogP contribution in [0.4, 0.5) is 0 Å². The van der Waals surface area contributed by atoms with Gasteiger partial charge in [0, 0.05) is 33.0 Å². The Labute approximate surface area is 272 Å². The fraction of sp³-hybridized carbons (Fsp3) is 0. The lowest BCUT2D eigenvalue weighted by Crippen LogP contribution is -2.02. The fourth-order valence-corrected chi connectivity index (χ4v) is 6.58. The van der Waals surface area contributed by atoms with E-state index in [4.69, 9.17) is 15.0 Å².